The first-order valence-corrected chi connectivity index (χ1v) is 7.04. The van der Waals surface area contributed by atoms with E-state index in [-0.39, 0.29) is 4.90 Å². The lowest BCUT2D eigenvalue weighted by Gasteiger charge is -2.06. The van der Waals surface area contributed by atoms with Gasteiger partial charge in [0.25, 0.3) is 0 Å². The maximum Gasteiger partial charge on any atom is 0.240 e. The molecule has 0 aromatic heterocycles. The van der Waals surface area contributed by atoms with Crippen molar-refractivity contribution in [2.75, 3.05) is 6.54 Å². The minimum absolute atomic E-state index is 0.158. The summed E-state index contributed by atoms with van der Waals surface area (Å²) in [5.41, 5.74) is 0. The van der Waals surface area contributed by atoms with Crippen LogP contribution in [0.4, 0.5) is 0 Å². The first-order valence-electron chi connectivity index (χ1n) is 5.18. The van der Waals surface area contributed by atoms with E-state index in [1.54, 1.807) is 12.1 Å². The quantitative estimate of drug-likeness (QED) is 0.808. The number of rotatable bonds is 6. The van der Waals surface area contributed by atoms with Crippen LogP contribution in [-0.4, -0.2) is 15.0 Å². The standard InChI is InChI=1S/C11H13ClN2O2S/c12-10-5-4-6-11(9-10)17(15,16)14-8-3-1-2-7-13/h4-6,9,14H,1-3,8H2. The fraction of sp³-hybridized carbons (Fsp3) is 0.364. The molecule has 0 saturated carbocycles. The molecule has 4 nitrogen and oxygen atoms in total. The third-order valence-corrected chi connectivity index (χ3v) is 3.81. The van der Waals surface area contributed by atoms with Gasteiger partial charge in [0.15, 0.2) is 0 Å². The maximum absolute atomic E-state index is 11.8. The Bertz CT molecular complexity index is 508. The number of sulfonamides is 1. The number of hydrogen-bond donors (Lipinski definition) is 1. The molecule has 0 spiro atoms. The molecule has 6 heteroatoms. The predicted molar refractivity (Wildman–Crippen MR) is 66.1 cm³/mol. The van der Waals surface area contributed by atoms with Crippen LogP contribution in [0.2, 0.25) is 5.02 Å². The van der Waals surface area contributed by atoms with Gasteiger partial charge in [0.1, 0.15) is 0 Å². The Labute approximate surface area is 106 Å². The third kappa shape index (κ3) is 4.73. The van der Waals surface area contributed by atoms with Crippen molar-refractivity contribution in [1.82, 2.24) is 4.72 Å². The van der Waals surface area contributed by atoms with E-state index >= 15 is 0 Å². The summed E-state index contributed by atoms with van der Waals surface area (Å²) in [6, 6.07) is 8.11. The van der Waals surface area contributed by atoms with Crippen molar-refractivity contribution in [2.24, 2.45) is 0 Å². The Kier molecular flexibility index (Phi) is 5.42. The number of unbranched alkanes of at least 4 members (excludes halogenated alkanes) is 2. The molecule has 1 aromatic rings. The van der Waals surface area contributed by atoms with E-state index in [9.17, 15) is 8.42 Å². The normalized spacial score (nSPS) is 11.1. The van der Waals surface area contributed by atoms with Crippen LogP contribution in [0.3, 0.4) is 0 Å². The molecule has 1 aromatic carbocycles. The van der Waals surface area contributed by atoms with Crippen LogP contribution in [0.1, 0.15) is 19.3 Å². The van der Waals surface area contributed by atoms with E-state index in [1.165, 1.54) is 12.1 Å². The van der Waals surface area contributed by atoms with Gasteiger partial charge in [-0.1, -0.05) is 17.7 Å². The fourth-order valence-corrected chi connectivity index (χ4v) is 2.63. The smallest absolute Gasteiger partial charge is 0.211 e. The average molecular weight is 273 g/mol. The zero-order valence-electron chi connectivity index (χ0n) is 9.19. The second-order valence-electron chi connectivity index (χ2n) is 3.47. The van der Waals surface area contributed by atoms with Crippen LogP contribution in [0.5, 0.6) is 0 Å². The van der Waals surface area contributed by atoms with Gasteiger partial charge < -0.3 is 0 Å². The Morgan fingerprint density at radius 1 is 1.35 bits per heavy atom. The third-order valence-electron chi connectivity index (χ3n) is 2.11. The van der Waals surface area contributed by atoms with E-state index in [4.69, 9.17) is 16.9 Å². The molecule has 0 saturated heterocycles. The van der Waals surface area contributed by atoms with Gasteiger partial charge in [0, 0.05) is 18.0 Å². The van der Waals surface area contributed by atoms with Gasteiger partial charge in [-0.3, -0.25) is 0 Å². The van der Waals surface area contributed by atoms with Crippen LogP contribution in [-0.2, 0) is 10.0 Å². The number of halogens is 1. The molecule has 0 heterocycles. The van der Waals surface area contributed by atoms with E-state index < -0.39 is 10.0 Å². The molecule has 0 aliphatic carbocycles. The van der Waals surface area contributed by atoms with Crippen molar-refractivity contribution in [3.8, 4) is 6.07 Å². The highest BCUT2D eigenvalue weighted by molar-refractivity contribution is 7.89. The van der Waals surface area contributed by atoms with Crippen LogP contribution in [0, 0.1) is 11.3 Å². The van der Waals surface area contributed by atoms with Crippen LogP contribution >= 0.6 is 11.6 Å². The minimum atomic E-state index is -3.49. The van der Waals surface area contributed by atoms with E-state index in [1.807, 2.05) is 6.07 Å². The van der Waals surface area contributed by atoms with Crippen molar-refractivity contribution in [3.63, 3.8) is 0 Å². The molecule has 0 radical (unpaired) electrons. The lowest BCUT2D eigenvalue weighted by Crippen LogP contribution is -2.24. The van der Waals surface area contributed by atoms with Gasteiger partial charge >= 0.3 is 0 Å². The van der Waals surface area contributed by atoms with E-state index in [0.29, 0.717) is 30.8 Å². The molecule has 0 fully saturated rings. The summed E-state index contributed by atoms with van der Waals surface area (Å²) in [6.07, 6.45) is 1.78. The van der Waals surface area contributed by atoms with E-state index in [2.05, 4.69) is 4.72 Å². The van der Waals surface area contributed by atoms with E-state index in [0.717, 1.165) is 0 Å². The largest absolute Gasteiger partial charge is 0.240 e. The molecular weight excluding hydrogens is 260 g/mol. The van der Waals surface area contributed by atoms with Gasteiger partial charge in [-0.15, -0.1) is 0 Å². The summed E-state index contributed by atoms with van der Waals surface area (Å²) < 4.78 is 26.0. The topological polar surface area (TPSA) is 70.0 Å². The first kappa shape index (κ1) is 14.0. The molecule has 1 N–H and O–H groups in total. The van der Waals surface area contributed by atoms with Gasteiger partial charge in [-0.25, -0.2) is 13.1 Å². The van der Waals surface area contributed by atoms with Crippen molar-refractivity contribution in [1.29, 1.82) is 5.26 Å². The van der Waals surface area contributed by atoms with Gasteiger partial charge in [-0.05, 0) is 31.0 Å². The highest BCUT2D eigenvalue weighted by Gasteiger charge is 2.12. The second-order valence-corrected chi connectivity index (χ2v) is 5.67. The molecular formula is C11H13ClN2O2S. The lowest BCUT2D eigenvalue weighted by atomic mass is 10.2. The molecule has 1 rings (SSSR count). The summed E-state index contributed by atoms with van der Waals surface area (Å²) in [6.45, 7) is 0.330. The Hall–Kier alpha value is -1.09. The van der Waals surface area contributed by atoms with Gasteiger partial charge in [0.05, 0.1) is 11.0 Å². The number of nitrogens with zero attached hydrogens (tertiary/aromatic N) is 1. The molecule has 0 bridgehead atoms. The zero-order chi connectivity index (χ0) is 12.7. The van der Waals surface area contributed by atoms with Crippen molar-refractivity contribution in [2.45, 2.75) is 24.2 Å². The Morgan fingerprint density at radius 3 is 2.76 bits per heavy atom. The predicted octanol–water partition coefficient (Wildman–Crippen LogP) is 2.31. The monoisotopic (exact) mass is 272 g/mol. The average Bonchev–Trinajstić information content (AvgIpc) is 2.29. The fourth-order valence-electron chi connectivity index (χ4n) is 1.25. The van der Waals surface area contributed by atoms with Crippen molar-refractivity contribution >= 4 is 21.6 Å². The number of hydrogen-bond acceptors (Lipinski definition) is 3. The van der Waals surface area contributed by atoms with Crippen LogP contribution < -0.4 is 4.72 Å². The Morgan fingerprint density at radius 2 is 2.12 bits per heavy atom. The summed E-state index contributed by atoms with van der Waals surface area (Å²) in [5.74, 6) is 0. The number of benzene rings is 1. The zero-order valence-corrected chi connectivity index (χ0v) is 10.8. The summed E-state index contributed by atoms with van der Waals surface area (Å²) in [5, 5.41) is 8.72. The first-order chi connectivity index (χ1) is 8.06. The molecule has 0 unspecified atom stereocenters. The molecule has 0 amide bonds. The molecule has 0 atom stereocenters. The Balaban J connectivity index is 2.55. The second kappa shape index (κ2) is 6.60. The van der Waals surface area contributed by atoms with Crippen LogP contribution in [0.15, 0.2) is 29.2 Å². The number of nitriles is 1. The summed E-state index contributed by atoms with van der Waals surface area (Å²) >= 11 is 5.73. The molecule has 0 aliphatic rings. The lowest BCUT2D eigenvalue weighted by molar-refractivity contribution is 0.577. The molecule has 92 valence electrons. The highest BCUT2D eigenvalue weighted by atomic mass is 35.5. The number of nitrogens with one attached hydrogen (secondary N) is 1. The summed E-state index contributed by atoms with van der Waals surface area (Å²) in [7, 11) is -3.49. The molecule has 0 aliphatic heterocycles. The van der Waals surface area contributed by atoms with Crippen molar-refractivity contribution in [3.05, 3.63) is 29.3 Å². The maximum atomic E-state index is 11.8. The van der Waals surface area contributed by atoms with Crippen LogP contribution in [0.25, 0.3) is 0 Å². The van der Waals surface area contributed by atoms with Crippen molar-refractivity contribution < 1.29 is 8.42 Å². The summed E-state index contributed by atoms with van der Waals surface area (Å²) in [4.78, 5) is 0.158. The highest BCUT2D eigenvalue weighted by Crippen LogP contribution is 2.15. The minimum Gasteiger partial charge on any atom is -0.211 e. The molecule has 17 heavy (non-hydrogen) atoms. The van der Waals surface area contributed by atoms with Gasteiger partial charge in [-0.2, -0.15) is 5.26 Å². The van der Waals surface area contributed by atoms with Gasteiger partial charge in [0.2, 0.25) is 10.0 Å². The SMILES string of the molecule is N#CCCCCNS(=O)(=O)c1cccc(Cl)c1.